The van der Waals surface area contributed by atoms with Crippen LogP contribution in [0.25, 0.3) is 10.9 Å². The maximum Gasteiger partial charge on any atom is 0.307 e. The van der Waals surface area contributed by atoms with Crippen LogP contribution in [0.15, 0.2) is 18.2 Å². The van der Waals surface area contributed by atoms with Gasteiger partial charge >= 0.3 is 5.97 Å². The normalized spacial score (nSPS) is 18.6. The van der Waals surface area contributed by atoms with Crippen molar-refractivity contribution >= 4 is 22.7 Å². The van der Waals surface area contributed by atoms with Crippen LogP contribution < -0.4 is 0 Å². The van der Waals surface area contributed by atoms with E-state index >= 15 is 0 Å². The highest BCUT2D eigenvalue weighted by Gasteiger charge is 2.33. The van der Waals surface area contributed by atoms with Crippen LogP contribution in [0.3, 0.4) is 0 Å². The molecule has 2 aromatic rings. The Balaban J connectivity index is 2.27. The first-order chi connectivity index (χ1) is 8.99. The predicted octanol–water partition coefficient (Wildman–Crippen LogP) is 2.32. The Hall–Kier alpha value is -2.10. The summed E-state index contributed by atoms with van der Waals surface area (Å²) in [6.45, 7) is 2.01. The second-order valence-electron chi connectivity index (χ2n) is 5.27. The number of aromatic nitrogens is 1. The van der Waals surface area contributed by atoms with E-state index in [1.165, 1.54) is 0 Å². The quantitative estimate of drug-likeness (QED) is 0.852. The summed E-state index contributed by atoms with van der Waals surface area (Å²) in [5.74, 6) is -1.53. The van der Waals surface area contributed by atoms with E-state index in [1.807, 2.05) is 36.7 Å². The van der Waals surface area contributed by atoms with Crippen molar-refractivity contribution in [2.45, 2.75) is 19.8 Å². The van der Waals surface area contributed by atoms with Crippen LogP contribution in [0, 0.1) is 12.8 Å². The smallest absolute Gasteiger partial charge is 0.307 e. The molecule has 1 atom stereocenters. The Morgan fingerprint density at radius 2 is 2.11 bits per heavy atom. The Morgan fingerprint density at radius 3 is 2.79 bits per heavy atom. The Morgan fingerprint density at radius 1 is 1.37 bits per heavy atom. The van der Waals surface area contributed by atoms with Gasteiger partial charge in [-0.15, -0.1) is 0 Å². The molecule has 1 N–H and O–H groups in total. The predicted molar refractivity (Wildman–Crippen MR) is 71.4 cm³/mol. The van der Waals surface area contributed by atoms with Crippen molar-refractivity contribution in [3.05, 3.63) is 35.0 Å². The Bertz CT molecular complexity index is 712. The first-order valence-electron chi connectivity index (χ1n) is 6.33. The van der Waals surface area contributed by atoms with Crippen LogP contribution in [0.2, 0.25) is 0 Å². The van der Waals surface area contributed by atoms with Crippen LogP contribution in [0.5, 0.6) is 0 Å². The fourth-order valence-electron chi connectivity index (χ4n) is 2.96. The van der Waals surface area contributed by atoms with E-state index < -0.39 is 11.9 Å². The lowest BCUT2D eigenvalue weighted by Gasteiger charge is -2.19. The van der Waals surface area contributed by atoms with Crippen molar-refractivity contribution in [2.75, 3.05) is 0 Å². The molecule has 1 aliphatic carbocycles. The van der Waals surface area contributed by atoms with Gasteiger partial charge in [0.05, 0.1) is 5.92 Å². The molecule has 3 rings (SSSR count). The number of nitrogens with zero attached hydrogens (tertiary/aromatic N) is 1. The molecule has 98 valence electrons. The molecule has 1 unspecified atom stereocenters. The summed E-state index contributed by atoms with van der Waals surface area (Å²) in [5.41, 5.74) is 3.70. The van der Waals surface area contributed by atoms with Crippen molar-refractivity contribution in [3.8, 4) is 0 Å². The van der Waals surface area contributed by atoms with E-state index in [0.29, 0.717) is 6.42 Å². The van der Waals surface area contributed by atoms with Crippen LogP contribution in [0.1, 0.15) is 28.0 Å². The summed E-state index contributed by atoms with van der Waals surface area (Å²) in [4.78, 5) is 23.4. The molecule has 0 radical (unpaired) electrons. The van der Waals surface area contributed by atoms with Gasteiger partial charge in [-0.2, -0.15) is 0 Å². The zero-order chi connectivity index (χ0) is 13.7. The topological polar surface area (TPSA) is 59.3 Å². The van der Waals surface area contributed by atoms with Crippen LogP contribution >= 0.6 is 0 Å². The number of rotatable bonds is 1. The number of Topliss-reactive ketones (excluding diaryl/α,β-unsaturated/α-hetero) is 1. The number of benzene rings is 1. The molecule has 0 fully saturated rings. The zero-order valence-corrected chi connectivity index (χ0v) is 10.9. The second kappa shape index (κ2) is 3.95. The Kier molecular flexibility index (Phi) is 2.49. The molecule has 19 heavy (non-hydrogen) atoms. The molecule has 0 bridgehead atoms. The molecule has 4 nitrogen and oxygen atoms in total. The number of carboxylic acid groups (broad SMARTS) is 1. The van der Waals surface area contributed by atoms with Crippen molar-refractivity contribution in [1.29, 1.82) is 0 Å². The van der Waals surface area contributed by atoms with Crippen LogP contribution in [-0.2, 0) is 18.3 Å². The van der Waals surface area contributed by atoms with Gasteiger partial charge in [0.2, 0.25) is 0 Å². The fourth-order valence-corrected chi connectivity index (χ4v) is 2.96. The number of aryl methyl sites for hydroxylation is 2. The van der Waals surface area contributed by atoms with Gasteiger partial charge in [-0.05, 0) is 18.6 Å². The third kappa shape index (κ3) is 1.67. The molecule has 4 heteroatoms. The van der Waals surface area contributed by atoms with Gasteiger partial charge in [0, 0.05) is 42.0 Å². The van der Waals surface area contributed by atoms with Crippen molar-refractivity contribution in [1.82, 2.24) is 4.57 Å². The number of carbonyl (C=O) groups excluding carboxylic acids is 1. The summed E-state index contributed by atoms with van der Waals surface area (Å²) in [5, 5.41) is 10.1. The molecule has 1 heterocycles. The van der Waals surface area contributed by atoms with E-state index in [4.69, 9.17) is 5.11 Å². The lowest BCUT2D eigenvalue weighted by Crippen LogP contribution is -2.27. The van der Waals surface area contributed by atoms with Gasteiger partial charge in [-0.25, -0.2) is 0 Å². The maximum absolute atomic E-state index is 12.2. The van der Waals surface area contributed by atoms with Gasteiger partial charge in [-0.3, -0.25) is 9.59 Å². The third-order valence-electron chi connectivity index (χ3n) is 3.98. The fraction of sp³-hybridized carbons (Fsp3) is 0.333. The average Bonchev–Trinajstić information content (AvgIpc) is 2.63. The number of ketones is 1. The molecule has 0 saturated carbocycles. The van der Waals surface area contributed by atoms with Crippen LogP contribution in [0.4, 0.5) is 0 Å². The molecular formula is C15H15NO3. The van der Waals surface area contributed by atoms with Crippen LogP contribution in [-0.4, -0.2) is 21.4 Å². The highest BCUT2D eigenvalue weighted by molar-refractivity contribution is 6.11. The Labute approximate surface area is 110 Å². The van der Waals surface area contributed by atoms with E-state index in [9.17, 15) is 9.59 Å². The largest absolute Gasteiger partial charge is 0.481 e. The highest BCUT2D eigenvalue weighted by atomic mass is 16.4. The first kappa shape index (κ1) is 12.0. The summed E-state index contributed by atoms with van der Waals surface area (Å²) in [6.07, 6.45) is 0.538. The molecule has 1 aliphatic rings. The van der Waals surface area contributed by atoms with Crippen molar-refractivity contribution in [3.63, 3.8) is 0 Å². The number of carboxylic acids is 1. The molecular weight excluding hydrogens is 242 g/mol. The van der Waals surface area contributed by atoms with E-state index in [0.717, 1.165) is 27.7 Å². The zero-order valence-electron chi connectivity index (χ0n) is 10.9. The monoisotopic (exact) mass is 257 g/mol. The minimum absolute atomic E-state index is 0.0527. The number of carbonyl (C=O) groups is 2. The summed E-state index contributed by atoms with van der Waals surface area (Å²) >= 11 is 0. The molecule has 0 spiro atoms. The molecule has 0 aliphatic heterocycles. The third-order valence-corrected chi connectivity index (χ3v) is 3.98. The second-order valence-corrected chi connectivity index (χ2v) is 5.27. The highest BCUT2D eigenvalue weighted by Crippen LogP contribution is 2.34. The first-order valence-corrected chi connectivity index (χ1v) is 6.33. The van der Waals surface area contributed by atoms with Crippen molar-refractivity contribution in [2.24, 2.45) is 13.0 Å². The molecule has 1 aromatic carbocycles. The molecule has 1 aromatic heterocycles. The summed E-state index contributed by atoms with van der Waals surface area (Å²) in [7, 11) is 1.90. The minimum Gasteiger partial charge on any atom is -0.481 e. The average molecular weight is 257 g/mol. The lowest BCUT2D eigenvalue weighted by molar-refractivity contribution is -0.141. The number of hydrogen-bond acceptors (Lipinski definition) is 2. The molecule has 0 amide bonds. The number of hydrogen-bond donors (Lipinski definition) is 1. The SMILES string of the molecule is Cc1ccc2c3c(n(C)c2c1)CC(C(=O)O)CC3=O. The van der Waals surface area contributed by atoms with E-state index in [2.05, 4.69) is 0 Å². The maximum atomic E-state index is 12.2. The lowest BCUT2D eigenvalue weighted by atomic mass is 9.86. The number of aliphatic carboxylic acids is 1. The van der Waals surface area contributed by atoms with Gasteiger partial charge in [-0.1, -0.05) is 12.1 Å². The van der Waals surface area contributed by atoms with Gasteiger partial charge in [0.25, 0.3) is 0 Å². The van der Waals surface area contributed by atoms with Gasteiger partial charge < -0.3 is 9.67 Å². The summed E-state index contributed by atoms with van der Waals surface area (Å²) in [6, 6.07) is 5.98. The van der Waals surface area contributed by atoms with Crippen molar-refractivity contribution < 1.29 is 14.7 Å². The van der Waals surface area contributed by atoms with Gasteiger partial charge in [0.15, 0.2) is 5.78 Å². The summed E-state index contributed by atoms with van der Waals surface area (Å²) < 4.78 is 1.96. The standard InChI is InChI=1S/C15H15NO3/c1-8-3-4-10-11(5-8)16(2)12-6-9(15(18)19)7-13(17)14(10)12/h3-5,9H,6-7H2,1-2H3,(H,18,19). The van der Waals surface area contributed by atoms with Gasteiger partial charge in [0.1, 0.15) is 0 Å². The van der Waals surface area contributed by atoms with E-state index in [1.54, 1.807) is 0 Å². The van der Waals surface area contributed by atoms with E-state index in [-0.39, 0.29) is 12.2 Å². The molecule has 0 saturated heterocycles. The number of fused-ring (bicyclic) bond motifs is 3. The minimum atomic E-state index is -0.888.